The smallest absolute Gasteiger partial charge is 0.341 e. The summed E-state index contributed by atoms with van der Waals surface area (Å²) in [6, 6.07) is 8.55. The van der Waals surface area contributed by atoms with E-state index < -0.39 is 48.7 Å². The Balaban J connectivity index is 0.000000349. The van der Waals surface area contributed by atoms with E-state index in [4.69, 9.17) is 20.4 Å². The number of hydrogen-bond acceptors (Lipinski definition) is 11. The highest BCUT2D eigenvalue weighted by molar-refractivity contribution is 6.09. The first kappa shape index (κ1) is 31.5. The molecule has 3 rings (SSSR count). The van der Waals surface area contributed by atoms with Crippen molar-refractivity contribution < 1.29 is 54.5 Å². The summed E-state index contributed by atoms with van der Waals surface area (Å²) in [4.78, 5) is 27.5. The molecule has 0 fully saturated rings. The Labute approximate surface area is 222 Å². The van der Waals surface area contributed by atoms with Crippen molar-refractivity contribution in [1.82, 2.24) is 10.3 Å². The van der Waals surface area contributed by atoms with E-state index in [0.29, 0.717) is 12.0 Å². The van der Waals surface area contributed by atoms with E-state index >= 15 is 0 Å². The fraction of sp³-hybridized carbons (Fsp3) is 0.346. The minimum absolute atomic E-state index is 0.00634. The highest BCUT2D eigenvalue weighted by Crippen LogP contribution is 2.32. The fourth-order valence-electron chi connectivity index (χ4n) is 3.59. The number of carboxylic acid groups (broad SMARTS) is 1. The van der Waals surface area contributed by atoms with E-state index in [-0.39, 0.29) is 34.4 Å². The number of aromatic hydroxyl groups is 1. The van der Waals surface area contributed by atoms with Crippen molar-refractivity contribution in [2.75, 3.05) is 27.3 Å². The predicted molar refractivity (Wildman–Crippen MR) is 136 cm³/mol. The first-order chi connectivity index (χ1) is 18.4. The zero-order valence-corrected chi connectivity index (χ0v) is 21.2. The minimum atomic E-state index is -1.55. The highest BCUT2D eigenvalue weighted by Gasteiger charge is 2.29. The zero-order valence-electron chi connectivity index (χ0n) is 21.2. The average Bonchev–Trinajstić information content (AvgIpc) is 2.93. The van der Waals surface area contributed by atoms with Gasteiger partial charge in [-0.3, -0.25) is 4.98 Å². The number of rotatable bonds is 10. The summed E-state index contributed by atoms with van der Waals surface area (Å²) in [6.07, 6.45) is -3.77. The first-order valence-corrected chi connectivity index (χ1v) is 11.6. The molecule has 0 radical (unpaired) electrons. The molecule has 212 valence electrons. The zero-order chi connectivity index (χ0) is 29.3. The maximum atomic E-state index is 13.0. The summed E-state index contributed by atoms with van der Waals surface area (Å²) in [5.74, 6) is -2.91. The number of likely N-dealkylation sites (N-methyl/N-ethyl adjacent to an activating group) is 1. The third kappa shape index (κ3) is 8.13. The van der Waals surface area contributed by atoms with Crippen molar-refractivity contribution in [3.8, 4) is 5.75 Å². The standard InChI is InChI=1S/C19H14FNO5.C7H17NO5/c1-26-19(25)15-8-14(18(23)24)13-7-11(9-21-16(13)17(15)22)6-10-2-4-12(20)5-3-10;1-8-2-4(10)6(12)7(13)5(11)3-9/h2-5,7-9,22H,6H2,1H3,(H,23,24);4-13H,2-3H2,1H3/t;4-,5+,6+,7+/m.0/s1. The topological polar surface area (TPSA) is 210 Å². The number of phenols is 1. The van der Waals surface area contributed by atoms with Gasteiger partial charge in [0.25, 0.3) is 0 Å². The molecule has 2 aromatic carbocycles. The van der Waals surface area contributed by atoms with Gasteiger partial charge in [0.05, 0.1) is 25.4 Å². The monoisotopic (exact) mass is 550 g/mol. The SMILES string of the molecule is CNC[C@H](O)[C@@H](O)[C@H](O)[C@H](O)CO.COC(=O)c1cc(C(=O)O)c2cc(Cc3ccc(F)cc3)cnc2c1O. The third-order valence-corrected chi connectivity index (χ3v) is 5.70. The van der Waals surface area contributed by atoms with Gasteiger partial charge in [0.1, 0.15) is 35.2 Å². The van der Waals surface area contributed by atoms with Crippen LogP contribution >= 0.6 is 0 Å². The maximum Gasteiger partial charge on any atom is 0.341 e. The normalized spacial score (nSPS) is 14.1. The number of fused-ring (bicyclic) bond motifs is 1. The summed E-state index contributed by atoms with van der Waals surface area (Å²) in [5, 5.41) is 67.4. The average molecular weight is 551 g/mol. The van der Waals surface area contributed by atoms with Crippen LogP contribution < -0.4 is 5.32 Å². The van der Waals surface area contributed by atoms with Gasteiger partial charge in [-0.2, -0.15) is 0 Å². The number of carbonyl (C=O) groups excluding carboxylic acids is 1. The number of esters is 1. The molecule has 3 aromatic rings. The Kier molecular flexibility index (Phi) is 11.7. The quantitative estimate of drug-likeness (QED) is 0.154. The number of carboxylic acids is 1. The van der Waals surface area contributed by atoms with Crippen LogP contribution in [-0.2, 0) is 11.2 Å². The van der Waals surface area contributed by atoms with Crippen molar-refractivity contribution in [2.24, 2.45) is 0 Å². The number of aliphatic hydroxyl groups excluding tert-OH is 5. The second-order valence-corrected chi connectivity index (χ2v) is 8.52. The summed E-state index contributed by atoms with van der Waals surface area (Å²) in [7, 11) is 2.70. The van der Waals surface area contributed by atoms with Crippen LogP contribution in [0.5, 0.6) is 5.75 Å². The molecule has 0 bridgehead atoms. The van der Waals surface area contributed by atoms with E-state index in [9.17, 15) is 29.3 Å². The number of aromatic nitrogens is 1. The van der Waals surface area contributed by atoms with Crippen molar-refractivity contribution in [2.45, 2.75) is 30.8 Å². The van der Waals surface area contributed by atoms with Gasteiger partial charge < -0.3 is 45.8 Å². The third-order valence-electron chi connectivity index (χ3n) is 5.70. The van der Waals surface area contributed by atoms with Gasteiger partial charge in [0.15, 0.2) is 5.75 Å². The van der Waals surface area contributed by atoms with E-state index in [0.717, 1.165) is 18.7 Å². The molecule has 0 unspecified atom stereocenters. The van der Waals surface area contributed by atoms with Gasteiger partial charge in [-0.1, -0.05) is 12.1 Å². The number of aromatic carboxylic acids is 1. The number of phenolic OH excluding ortho intramolecular Hbond substituents is 1. The van der Waals surface area contributed by atoms with Crippen molar-refractivity contribution in [3.05, 3.63) is 70.7 Å². The van der Waals surface area contributed by atoms with Gasteiger partial charge in [-0.25, -0.2) is 14.0 Å². The number of nitrogens with zero attached hydrogens (tertiary/aromatic N) is 1. The van der Waals surface area contributed by atoms with Gasteiger partial charge in [0.2, 0.25) is 0 Å². The Hall–Kier alpha value is -3.72. The lowest BCUT2D eigenvalue weighted by Crippen LogP contribution is -2.48. The number of hydrogen-bond donors (Lipinski definition) is 8. The second-order valence-electron chi connectivity index (χ2n) is 8.52. The maximum absolute atomic E-state index is 13.0. The van der Waals surface area contributed by atoms with E-state index in [2.05, 4.69) is 15.0 Å². The van der Waals surface area contributed by atoms with Gasteiger partial charge in [-0.05, 0) is 48.9 Å². The molecule has 0 spiro atoms. The molecule has 8 N–H and O–H groups in total. The van der Waals surface area contributed by atoms with E-state index in [1.165, 1.54) is 18.3 Å². The molecule has 4 atom stereocenters. The van der Waals surface area contributed by atoms with Crippen LogP contribution in [0.4, 0.5) is 4.39 Å². The van der Waals surface area contributed by atoms with Crippen LogP contribution in [0.3, 0.4) is 0 Å². The molecule has 0 amide bonds. The molecule has 12 nitrogen and oxygen atoms in total. The summed E-state index contributed by atoms with van der Waals surface area (Å²) in [5.41, 5.74) is 1.05. The molecule has 1 aromatic heterocycles. The summed E-state index contributed by atoms with van der Waals surface area (Å²) >= 11 is 0. The van der Waals surface area contributed by atoms with Gasteiger partial charge >= 0.3 is 11.9 Å². The highest BCUT2D eigenvalue weighted by atomic mass is 19.1. The first-order valence-electron chi connectivity index (χ1n) is 11.6. The van der Waals surface area contributed by atoms with Crippen LogP contribution in [0, 0.1) is 5.82 Å². The lowest BCUT2D eigenvalue weighted by Gasteiger charge is -2.25. The lowest BCUT2D eigenvalue weighted by atomic mass is 9.99. The fourth-order valence-corrected chi connectivity index (χ4v) is 3.59. The van der Waals surface area contributed by atoms with Crippen molar-refractivity contribution in [1.29, 1.82) is 0 Å². The second kappa shape index (κ2) is 14.4. The number of benzene rings is 2. The van der Waals surface area contributed by atoms with Gasteiger partial charge in [0, 0.05) is 18.1 Å². The van der Waals surface area contributed by atoms with Crippen LogP contribution in [0.15, 0.2) is 42.6 Å². The van der Waals surface area contributed by atoms with Crippen LogP contribution in [0.1, 0.15) is 31.8 Å². The molecule has 0 aliphatic rings. The van der Waals surface area contributed by atoms with Crippen molar-refractivity contribution in [3.63, 3.8) is 0 Å². The van der Waals surface area contributed by atoms with Crippen LogP contribution in [0.25, 0.3) is 10.9 Å². The van der Waals surface area contributed by atoms with Crippen LogP contribution in [-0.4, -0.2) is 104 Å². The number of aliphatic hydroxyl groups is 5. The molecule has 1 heterocycles. The molecular weight excluding hydrogens is 519 g/mol. The Bertz CT molecular complexity index is 1270. The Morgan fingerprint density at radius 1 is 1.00 bits per heavy atom. The summed E-state index contributed by atoms with van der Waals surface area (Å²) in [6.45, 7) is -0.569. The van der Waals surface area contributed by atoms with Gasteiger partial charge in [-0.15, -0.1) is 0 Å². The molecule has 0 aliphatic carbocycles. The number of methoxy groups -OCH3 is 1. The van der Waals surface area contributed by atoms with E-state index in [1.54, 1.807) is 25.2 Å². The Morgan fingerprint density at radius 2 is 1.62 bits per heavy atom. The summed E-state index contributed by atoms with van der Waals surface area (Å²) < 4.78 is 17.6. The van der Waals surface area contributed by atoms with Crippen LogP contribution in [0.2, 0.25) is 0 Å². The molecule has 0 saturated carbocycles. The largest absolute Gasteiger partial charge is 0.505 e. The molecule has 0 aliphatic heterocycles. The molecule has 39 heavy (non-hydrogen) atoms. The number of nitrogens with one attached hydrogen (secondary N) is 1. The number of pyridine rings is 1. The number of halogens is 1. The molecular formula is C26H31FN2O10. The molecule has 13 heteroatoms. The Morgan fingerprint density at radius 3 is 2.15 bits per heavy atom. The minimum Gasteiger partial charge on any atom is -0.505 e. The van der Waals surface area contributed by atoms with Crippen molar-refractivity contribution >= 4 is 22.8 Å². The lowest BCUT2D eigenvalue weighted by molar-refractivity contribution is -0.113. The molecule has 0 saturated heterocycles. The number of carbonyl (C=O) groups is 2. The van der Waals surface area contributed by atoms with E-state index in [1.807, 2.05) is 0 Å². The predicted octanol–water partition coefficient (Wildman–Crippen LogP) is -0.203. The number of ether oxygens (including phenoxy) is 1.